The molecule has 0 amide bonds. The molecule has 0 radical (unpaired) electrons. The summed E-state index contributed by atoms with van der Waals surface area (Å²) < 4.78 is 6.30. The number of esters is 1. The van der Waals surface area contributed by atoms with Crippen molar-refractivity contribution >= 4 is 50.8 Å². The molecule has 0 N–H and O–H groups in total. The predicted octanol–water partition coefficient (Wildman–Crippen LogP) is 2.13. The number of hydrogen-bond acceptors (Lipinski definition) is 8. The van der Waals surface area contributed by atoms with Crippen LogP contribution in [0.2, 0.25) is 0 Å². The summed E-state index contributed by atoms with van der Waals surface area (Å²) in [6.07, 6.45) is 0. The zero-order valence-corrected chi connectivity index (χ0v) is 13.0. The van der Waals surface area contributed by atoms with E-state index >= 15 is 0 Å². The Labute approximate surface area is 129 Å². The van der Waals surface area contributed by atoms with Crippen molar-refractivity contribution in [1.82, 2.24) is 4.98 Å². The van der Waals surface area contributed by atoms with Gasteiger partial charge in [0.1, 0.15) is 7.11 Å². The minimum absolute atomic E-state index is 0.0388. The first-order valence-corrected chi connectivity index (χ1v) is 7.67. The first-order chi connectivity index (χ1) is 10.2. The molecule has 0 saturated heterocycles. The van der Waals surface area contributed by atoms with Crippen LogP contribution >= 0.6 is 23.1 Å². The van der Waals surface area contributed by atoms with E-state index in [0.717, 1.165) is 14.6 Å². The molecule has 0 aliphatic rings. The Balaban J connectivity index is 2.05. The van der Waals surface area contributed by atoms with Crippen molar-refractivity contribution in [3.05, 3.63) is 24.3 Å². The average Bonchev–Trinajstić information content (AvgIpc) is 2.92. The van der Waals surface area contributed by atoms with Crippen LogP contribution in [0.25, 0.3) is 10.2 Å². The number of Topliss-reactive ketones (excluding diaryl/α,β-unsaturated/α-hetero) is 1. The topological polar surface area (TPSA) is 77.9 Å². The van der Waals surface area contributed by atoms with Gasteiger partial charge in [-0.2, -0.15) is 0 Å². The van der Waals surface area contributed by atoms with Gasteiger partial charge in [0.2, 0.25) is 11.5 Å². The number of carbonyl (C=O) groups excluding carboxylic acids is 2. The van der Waals surface area contributed by atoms with E-state index in [1.807, 2.05) is 24.3 Å². The Bertz CT molecular complexity index is 663. The number of rotatable bonds is 6. The number of fused-ring (bicyclic) bond motifs is 1. The lowest BCUT2D eigenvalue weighted by Gasteiger charge is -2.01. The van der Waals surface area contributed by atoms with Crippen LogP contribution in [0.4, 0.5) is 0 Å². The number of thioether (sulfide) groups is 1. The molecule has 110 valence electrons. The zero-order valence-electron chi connectivity index (χ0n) is 11.4. The summed E-state index contributed by atoms with van der Waals surface area (Å²) in [6.45, 7) is 0. The highest BCUT2D eigenvalue weighted by molar-refractivity contribution is 8.01. The van der Waals surface area contributed by atoms with Gasteiger partial charge in [-0.1, -0.05) is 29.1 Å². The smallest absolute Gasteiger partial charge is 0.363 e. The number of methoxy groups -OCH3 is 1. The number of thiazole rings is 1. The highest BCUT2D eigenvalue weighted by Gasteiger charge is 2.22. The van der Waals surface area contributed by atoms with Crippen molar-refractivity contribution in [2.45, 2.75) is 4.34 Å². The highest BCUT2D eigenvalue weighted by Crippen LogP contribution is 2.29. The number of ether oxygens (including phenoxy) is 1. The molecule has 1 aromatic carbocycles. The van der Waals surface area contributed by atoms with Crippen LogP contribution in [0, 0.1) is 0 Å². The maximum absolute atomic E-state index is 12.0. The van der Waals surface area contributed by atoms with Crippen LogP contribution in [0.1, 0.15) is 0 Å². The van der Waals surface area contributed by atoms with Crippen LogP contribution in [0.3, 0.4) is 0 Å². The molecule has 21 heavy (non-hydrogen) atoms. The van der Waals surface area contributed by atoms with Gasteiger partial charge in [0.05, 0.1) is 23.1 Å². The van der Waals surface area contributed by atoms with Crippen LogP contribution in [0.15, 0.2) is 33.8 Å². The summed E-state index contributed by atoms with van der Waals surface area (Å²) in [5, 5.41) is 3.41. The van der Waals surface area contributed by atoms with Gasteiger partial charge in [-0.15, -0.1) is 11.3 Å². The molecule has 0 bridgehead atoms. The van der Waals surface area contributed by atoms with Crippen LogP contribution in [-0.4, -0.2) is 42.4 Å². The SMILES string of the molecule is CO/N=C(/C(=O)CSc1nc2ccccc2s1)C(=O)OC. The standard InChI is InChI=1S/C13H12N2O4S2/c1-18-12(17)11(15-19-2)9(16)7-20-13-14-8-5-3-4-6-10(8)21-13/h3-6H,7H2,1-2H3/b15-11-. The van der Waals surface area contributed by atoms with Crippen LogP contribution in [0.5, 0.6) is 0 Å². The van der Waals surface area contributed by atoms with Gasteiger partial charge in [0, 0.05) is 0 Å². The second-order valence-electron chi connectivity index (χ2n) is 3.77. The van der Waals surface area contributed by atoms with E-state index in [1.54, 1.807) is 0 Å². The summed E-state index contributed by atoms with van der Waals surface area (Å²) in [4.78, 5) is 32.3. The molecule has 6 nitrogen and oxygen atoms in total. The molecule has 0 unspecified atom stereocenters. The van der Waals surface area contributed by atoms with E-state index in [2.05, 4.69) is 19.7 Å². The highest BCUT2D eigenvalue weighted by atomic mass is 32.2. The Hall–Kier alpha value is -1.93. The van der Waals surface area contributed by atoms with Gasteiger partial charge < -0.3 is 9.57 Å². The molecule has 0 aliphatic heterocycles. The van der Waals surface area contributed by atoms with Crippen molar-refractivity contribution in [2.24, 2.45) is 5.16 Å². The van der Waals surface area contributed by atoms with Crippen LogP contribution in [-0.2, 0) is 19.2 Å². The maximum atomic E-state index is 12.0. The van der Waals surface area contributed by atoms with E-state index < -0.39 is 11.8 Å². The van der Waals surface area contributed by atoms with Gasteiger partial charge in [-0.05, 0) is 12.1 Å². The first-order valence-electron chi connectivity index (χ1n) is 5.86. The predicted molar refractivity (Wildman–Crippen MR) is 81.8 cm³/mol. The molecule has 2 aromatic rings. The van der Waals surface area contributed by atoms with Crippen molar-refractivity contribution in [3.63, 3.8) is 0 Å². The third kappa shape index (κ3) is 3.79. The molecule has 0 atom stereocenters. The molecule has 1 heterocycles. The lowest BCUT2D eigenvalue weighted by atomic mass is 10.3. The number of carbonyl (C=O) groups is 2. The third-order valence-electron chi connectivity index (χ3n) is 2.43. The molecular formula is C13H12N2O4S2. The van der Waals surface area contributed by atoms with Gasteiger partial charge >= 0.3 is 5.97 Å². The number of aromatic nitrogens is 1. The number of nitrogens with zero attached hydrogens (tertiary/aromatic N) is 2. The Morgan fingerprint density at radius 1 is 1.33 bits per heavy atom. The Morgan fingerprint density at radius 3 is 2.76 bits per heavy atom. The number of ketones is 1. The quantitative estimate of drug-likeness (QED) is 0.266. The molecule has 0 spiro atoms. The first kappa shape index (κ1) is 15.5. The summed E-state index contributed by atoms with van der Waals surface area (Å²) >= 11 is 2.74. The summed E-state index contributed by atoms with van der Waals surface area (Å²) in [5.74, 6) is -1.24. The van der Waals surface area contributed by atoms with Gasteiger partial charge in [-0.3, -0.25) is 4.79 Å². The molecule has 2 rings (SSSR count). The van der Waals surface area contributed by atoms with Crippen molar-refractivity contribution < 1.29 is 19.2 Å². The molecule has 8 heteroatoms. The van der Waals surface area contributed by atoms with E-state index in [-0.39, 0.29) is 11.5 Å². The van der Waals surface area contributed by atoms with E-state index in [1.165, 1.54) is 37.3 Å². The van der Waals surface area contributed by atoms with E-state index in [9.17, 15) is 9.59 Å². The fourth-order valence-corrected chi connectivity index (χ4v) is 3.43. The zero-order chi connectivity index (χ0) is 15.2. The summed E-state index contributed by atoms with van der Waals surface area (Å²) in [5.41, 5.74) is 0.532. The maximum Gasteiger partial charge on any atom is 0.363 e. The second kappa shape index (κ2) is 7.19. The minimum Gasteiger partial charge on any atom is -0.464 e. The van der Waals surface area contributed by atoms with E-state index in [0.29, 0.717) is 0 Å². The normalized spacial score (nSPS) is 11.4. The fraction of sp³-hybridized carbons (Fsp3) is 0.231. The van der Waals surface area contributed by atoms with E-state index in [4.69, 9.17) is 0 Å². The number of hydrogen-bond donors (Lipinski definition) is 0. The molecule has 0 fully saturated rings. The number of benzene rings is 1. The van der Waals surface area contributed by atoms with Crippen LogP contribution < -0.4 is 0 Å². The lowest BCUT2D eigenvalue weighted by molar-refractivity contribution is -0.133. The fourth-order valence-electron chi connectivity index (χ4n) is 1.50. The Morgan fingerprint density at radius 2 is 2.10 bits per heavy atom. The van der Waals surface area contributed by atoms with Crippen molar-refractivity contribution in [3.8, 4) is 0 Å². The van der Waals surface area contributed by atoms with Gasteiger partial charge in [0.15, 0.2) is 4.34 Å². The largest absolute Gasteiger partial charge is 0.464 e. The van der Waals surface area contributed by atoms with Crippen molar-refractivity contribution in [2.75, 3.05) is 20.0 Å². The molecule has 1 aromatic heterocycles. The Kier molecular flexibility index (Phi) is 5.29. The molecule has 0 aliphatic carbocycles. The van der Waals surface area contributed by atoms with Gasteiger partial charge in [0.25, 0.3) is 0 Å². The van der Waals surface area contributed by atoms with Crippen molar-refractivity contribution in [1.29, 1.82) is 0 Å². The monoisotopic (exact) mass is 324 g/mol. The third-order valence-corrected chi connectivity index (χ3v) is 4.61. The summed E-state index contributed by atoms with van der Waals surface area (Å²) in [7, 11) is 2.44. The minimum atomic E-state index is -0.813. The number of oxime groups is 1. The number of para-hydroxylation sites is 1. The average molecular weight is 324 g/mol. The van der Waals surface area contributed by atoms with Gasteiger partial charge in [-0.25, -0.2) is 9.78 Å². The lowest BCUT2D eigenvalue weighted by Crippen LogP contribution is -2.27. The second-order valence-corrected chi connectivity index (χ2v) is 6.03. The molecular weight excluding hydrogens is 312 g/mol. The molecule has 0 saturated carbocycles. The summed E-state index contributed by atoms with van der Waals surface area (Å²) in [6, 6.07) is 7.71.